The molecule has 2 aliphatic rings. The standard InChI is InChI=1S/C11H20O.C6H13NO2/c1-4-11-6-5-8(7-9(11)12)10(11,2)3;1-6(2,3)9-5(8)7-4/h8-9,12H,4-7H2,1-3H3;1-4H3,(H,7,8). The molecule has 0 heterocycles. The Labute approximate surface area is 129 Å². The van der Waals surface area contributed by atoms with Gasteiger partial charge in [0.25, 0.3) is 0 Å². The van der Waals surface area contributed by atoms with Gasteiger partial charge in [0.2, 0.25) is 0 Å². The van der Waals surface area contributed by atoms with Crippen LogP contribution in [0.2, 0.25) is 0 Å². The van der Waals surface area contributed by atoms with Crippen LogP contribution in [0.4, 0.5) is 4.79 Å². The molecular formula is C17H33NO3. The molecule has 0 radical (unpaired) electrons. The molecule has 0 aromatic heterocycles. The minimum absolute atomic E-state index is 0.0174. The van der Waals surface area contributed by atoms with E-state index in [9.17, 15) is 9.90 Å². The van der Waals surface area contributed by atoms with Gasteiger partial charge in [0.15, 0.2) is 0 Å². The number of hydrogen-bond donors (Lipinski definition) is 2. The van der Waals surface area contributed by atoms with Gasteiger partial charge in [-0.15, -0.1) is 0 Å². The van der Waals surface area contributed by atoms with E-state index in [1.165, 1.54) is 19.9 Å². The maximum absolute atomic E-state index is 10.5. The average molecular weight is 299 g/mol. The van der Waals surface area contributed by atoms with Gasteiger partial charge in [-0.05, 0) is 57.8 Å². The highest BCUT2D eigenvalue weighted by Crippen LogP contribution is 2.66. The summed E-state index contributed by atoms with van der Waals surface area (Å²) in [4.78, 5) is 10.5. The molecule has 2 N–H and O–H groups in total. The second-order valence-electron chi connectivity index (χ2n) is 7.97. The molecular weight excluding hydrogens is 266 g/mol. The van der Waals surface area contributed by atoms with Crippen molar-refractivity contribution >= 4 is 6.09 Å². The second kappa shape index (κ2) is 6.15. The molecule has 0 aromatic carbocycles. The fraction of sp³-hybridized carbons (Fsp3) is 0.941. The lowest BCUT2D eigenvalue weighted by molar-refractivity contribution is -0.00623. The van der Waals surface area contributed by atoms with Crippen molar-refractivity contribution in [2.75, 3.05) is 7.05 Å². The third kappa shape index (κ3) is 3.53. The third-order valence-electron chi connectivity index (χ3n) is 5.62. The van der Waals surface area contributed by atoms with E-state index in [1.807, 2.05) is 20.8 Å². The highest BCUT2D eigenvalue weighted by Gasteiger charge is 2.62. The largest absolute Gasteiger partial charge is 0.444 e. The number of hydrogen-bond acceptors (Lipinski definition) is 3. The van der Waals surface area contributed by atoms with Crippen molar-refractivity contribution in [3.8, 4) is 0 Å². The minimum atomic E-state index is -0.389. The van der Waals surface area contributed by atoms with Crippen molar-refractivity contribution in [1.82, 2.24) is 5.32 Å². The highest BCUT2D eigenvalue weighted by atomic mass is 16.6. The number of rotatable bonds is 1. The van der Waals surface area contributed by atoms with Gasteiger partial charge in [0.05, 0.1) is 6.10 Å². The van der Waals surface area contributed by atoms with E-state index in [0.717, 1.165) is 18.8 Å². The monoisotopic (exact) mass is 299 g/mol. The molecule has 4 nitrogen and oxygen atoms in total. The number of carbonyl (C=O) groups excluding carboxylic acids is 1. The topological polar surface area (TPSA) is 58.6 Å². The molecule has 0 aromatic rings. The van der Waals surface area contributed by atoms with Crippen molar-refractivity contribution in [2.45, 2.75) is 78.9 Å². The summed E-state index contributed by atoms with van der Waals surface area (Å²) in [6.45, 7) is 12.4. The van der Waals surface area contributed by atoms with Crippen molar-refractivity contribution in [3.63, 3.8) is 0 Å². The first-order valence-corrected chi connectivity index (χ1v) is 8.09. The van der Waals surface area contributed by atoms with E-state index in [4.69, 9.17) is 4.74 Å². The summed E-state index contributed by atoms with van der Waals surface area (Å²) in [6, 6.07) is 0. The number of nitrogens with one attached hydrogen (secondary N) is 1. The van der Waals surface area contributed by atoms with E-state index in [-0.39, 0.29) is 23.2 Å². The Bertz CT molecular complexity index is 373. The van der Waals surface area contributed by atoms with Crippen molar-refractivity contribution in [1.29, 1.82) is 0 Å². The molecule has 3 unspecified atom stereocenters. The SMILES string of the molecule is CCC12CCC(CC1O)C2(C)C.CNC(=O)OC(C)(C)C. The van der Waals surface area contributed by atoms with Crippen molar-refractivity contribution < 1.29 is 14.6 Å². The number of aliphatic hydroxyl groups excluding tert-OH is 1. The van der Waals surface area contributed by atoms with Crippen LogP contribution >= 0.6 is 0 Å². The van der Waals surface area contributed by atoms with Crippen molar-refractivity contribution in [2.24, 2.45) is 16.7 Å². The molecule has 2 bridgehead atoms. The molecule has 3 atom stereocenters. The van der Waals surface area contributed by atoms with E-state index in [0.29, 0.717) is 5.41 Å². The summed E-state index contributed by atoms with van der Waals surface area (Å²) in [5.74, 6) is 0.785. The molecule has 4 heteroatoms. The van der Waals surface area contributed by atoms with Crippen LogP contribution in [0.3, 0.4) is 0 Å². The van der Waals surface area contributed by atoms with Gasteiger partial charge in [-0.3, -0.25) is 0 Å². The van der Waals surface area contributed by atoms with Gasteiger partial charge in [-0.25, -0.2) is 4.79 Å². The molecule has 1 amide bonds. The number of aliphatic hydroxyl groups is 1. The molecule has 2 rings (SSSR count). The predicted octanol–water partition coefficient (Wildman–Crippen LogP) is 3.72. The van der Waals surface area contributed by atoms with Gasteiger partial charge in [0, 0.05) is 12.5 Å². The number of alkyl carbamates (subject to hydrolysis) is 1. The fourth-order valence-corrected chi connectivity index (χ4v) is 4.22. The van der Waals surface area contributed by atoms with E-state index < -0.39 is 0 Å². The summed E-state index contributed by atoms with van der Waals surface area (Å²) >= 11 is 0. The maximum Gasteiger partial charge on any atom is 0.407 e. The Morgan fingerprint density at radius 1 is 1.38 bits per heavy atom. The Morgan fingerprint density at radius 2 is 1.95 bits per heavy atom. The first kappa shape index (κ1) is 18.3. The van der Waals surface area contributed by atoms with E-state index >= 15 is 0 Å². The third-order valence-corrected chi connectivity index (χ3v) is 5.62. The zero-order chi connectivity index (χ0) is 16.5. The highest BCUT2D eigenvalue weighted by molar-refractivity contribution is 5.67. The zero-order valence-electron chi connectivity index (χ0n) is 14.7. The summed E-state index contributed by atoms with van der Waals surface area (Å²) in [5.41, 5.74) is 0.263. The molecule has 124 valence electrons. The van der Waals surface area contributed by atoms with Crippen LogP contribution in [0.25, 0.3) is 0 Å². The Balaban J connectivity index is 0.000000222. The number of ether oxygens (including phenoxy) is 1. The summed E-state index contributed by atoms with van der Waals surface area (Å²) in [7, 11) is 1.54. The quantitative estimate of drug-likeness (QED) is 0.775. The van der Waals surface area contributed by atoms with Crippen LogP contribution in [0, 0.1) is 16.7 Å². The number of carbonyl (C=O) groups is 1. The first-order valence-electron chi connectivity index (χ1n) is 8.09. The smallest absolute Gasteiger partial charge is 0.407 e. The van der Waals surface area contributed by atoms with Gasteiger partial charge in [0.1, 0.15) is 5.60 Å². The Kier molecular flexibility index (Phi) is 5.36. The fourth-order valence-electron chi connectivity index (χ4n) is 4.22. The molecule has 2 saturated carbocycles. The zero-order valence-corrected chi connectivity index (χ0v) is 14.7. The molecule has 2 aliphatic carbocycles. The Morgan fingerprint density at radius 3 is 2.14 bits per heavy atom. The van der Waals surface area contributed by atoms with Crippen LogP contribution < -0.4 is 5.32 Å². The normalized spacial score (nSPS) is 33.1. The molecule has 0 saturated heterocycles. The van der Waals surface area contributed by atoms with Gasteiger partial charge < -0.3 is 15.2 Å². The summed E-state index contributed by atoms with van der Waals surface area (Å²) in [5, 5.41) is 12.4. The van der Waals surface area contributed by atoms with Gasteiger partial charge in [-0.1, -0.05) is 20.8 Å². The summed E-state index contributed by atoms with van der Waals surface area (Å²) in [6.07, 6.45) is 4.40. The number of fused-ring (bicyclic) bond motifs is 2. The maximum atomic E-state index is 10.5. The van der Waals surface area contributed by atoms with E-state index in [1.54, 1.807) is 0 Å². The number of amides is 1. The average Bonchev–Trinajstić information content (AvgIpc) is 2.71. The molecule has 2 fully saturated rings. The van der Waals surface area contributed by atoms with Crippen molar-refractivity contribution in [3.05, 3.63) is 0 Å². The lowest BCUT2D eigenvalue weighted by atomic mass is 9.67. The van der Waals surface area contributed by atoms with Crippen LogP contribution in [-0.2, 0) is 4.74 Å². The molecule has 21 heavy (non-hydrogen) atoms. The molecule has 0 aliphatic heterocycles. The lowest BCUT2D eigenvalue weighted by Gasteiger charge is -2.39. The van der Waals surface area contributed by atoms with Crippen LogP contribution in [0.1, 0.15) is 67.2 Å². The lowest BCUT2D eigenvalue weighted by Crippen LogP contribution is -2.37. The van der Waals surface area contributed by atoms with Crippen LogP contribution in [0.15, 0.2) is 0 Å². The summed E-state index contributed by atoms with van der Waals surface area (Å²) < 4.78 is 4.84. The second-order valence-corrected chi connectivity index (χ2v) is 7.97. The van der Waals surface area contributed by atoms with E-state index in [2.05, 4.69) is 26.1 Å². The van der Waals surface area contributed by atoms with Gasteiger partial charge in [-0.2, -0.15) is 0 Å². The van der Waals surface area contributed by atoms with Gasteiger partial charge >= 0.3 is 6.09 Å². The first-order chi connectivity index (χ1) is 9.50. The Hall–Kier alpha value is -0.770. The molecule has 0 spiro atoms. The van der Waals surface area contributed by atoms with Crippen LogP contribution in [0.5, 0.6) is 0 Å². The predicted molar refractivity (Wildman–Crippen MR) is 85.1 cm³/mol. The van der Waals surface area contributed by atoms with Crippen LogP contribution in [-0.4, -0.2) is 30.0 Å². The minimum Gasteiger partial charge on any atom is -0.444 e.